The fraction of sp³-hybridized carbons (Fsp3) is 0. The van der Waals surface area contributed by atoms with Crippen LogP contribution < -0.4 is 15.9 Å². The van der Waals surface area contributed by atoms with Crippen molar-refractivity contribution in [2.24, 2.45) is 0 Å². The Hall–Kier alpha value is -6.22. The van der Waals surface area contributed by atoms with Crippen molar-refractivity contribution in [3.8, 4) is 45.3 Å². The molecule has 5 heteroatoms. The van der Waals surface area contributed by atoms with Crippen molar-refractivity contribution in [3.63, 3.8) is 0 Å². The third-order valence-electron chi connectivity index (χ3n) is 8.89. The number of hydrogen-bond donors (Lipinski definition) is 0. The molecule has 2 aromatic heterocycles. The van der Waals surface area contributed by atoms with Crippen molar-refractivity contribution in [1.82, 2.24) is 15.0 Å². The summed E-state index contributed by atoms with van der Waals surface area (Å²) in [5.41, 5.74) is 6.52. The standard InChI is InChI=1S/C45H30N3OP/c1-5-16-31(17-6-1)43-46-44(32-18-7-2-8-19-32)48-45(47-43)39-29-34(30-41-42(39)38-26-13-14-27-40(38)49-41)33-20-15-25-37(28-33)50(35-21-9-3-10-22-35)36-23-11-4-12-24-36/h1-30H. The molecule has 0 aliphatic rings. The van der Waals surface area contributed by atoms with Crippen LogP contribution in [0.15, 0.2) is 186 Å². The number of hydrogen-bond acceptors (Lipinski definition) is 4. The first kappa shape index (κ1) is 29.9. The van der Waals surface area contributed by atoms with E-state index in [1.807, 2.05) is 78.9 Å². The first-order valence-electron chi connectivity index (χ1n) is 16.6. The Morgan fingerprint density at radius 1 is 0.360 bits per heavy atom. The molecule has 0 aliphatic carbocycles. The number of nitrogens with zero attached hydrogens (tertiary/aromatic N) is 3. The maximum absolute atomic E-state index is 6.56. The molecule has 0 radical (unpaired) electrons. The van der Waals surface area contributed by atoms with Crippen molar-refractivity contribution in [2.45, 2.75) is 0 Å². The van der Waals surface area contributed by atoms with Gasteiger partial charge in [0.05, 0.1) is 0 Å². The third kappa shape index (κ3) is 5.66. The van der Waals surface area contributed by atoms with Gasteiger partial charge in [-0.1, -0.05) is 158 Å². The smallest absolute Gasteiger partial charge is 0.164 e. The highest BCUT2D eigenvalue weighted by Gasteiger charge is 2.21. The van der Waals surface area contributed by atoms with Crippen LogP contribution in [-0.2, 0) is 0 Å². The zero-order chi connectivity index (χ0) is 33.3. The van der Waals surface area contributed by atoms with Gasteiger partial charge in [0.25, 0.3) is 0 Å². The Labute approximate surface area is 291 Å². The Morgan fingerprint density at radius 2 is 0.860 bits per heavy atom. The summed E-state index contributed by atoms with van der Waals surface area (Å²) in [5, 5.41) is 5.91. The number of fused-ring (bicyclic) bond motifs is 3. The summed E-state index contributed by atoms with van der Waals surface area (Å²) in [7, 11) is -0.772. The van der Waals surface area contributed by atoms with Crippen LogP contribution in [0.2, 0.25) is 0 Å². The van der Waals surface area contributed by atoms with E-state index in [2.05, 4.69) is 103 Å². The van der Waals surface area contributed by atoms with Crippen LogP contribution in [0.1, 0.15) is 0 Å². The lowest BCUT2D eigenvalue weighted by Gasteiger charge is -2.20. The van der Waals surface area contributed by atoms with E-state index in [0.717, 1.165) is 49.8 Å². The van der Waals surface area contributed by atoms with E-state index in [4.69, 9.17) is 19.4 Å². The van der Waals surface area contributed by atoms with Crippen molar-refractivity contribution >= 4 is 45.8 Å². The molecule has 2 heterocycles. The van der Waals surface area contributed by atoms with Crippen molar-refractivity contribution < 1.29 is 4.42 Å². The van der Waals surface area contributed by atoms with E-state index in [1.54, 1.807) is 0 Å². The summed E-state index contributed by atoms with van der Waals surface area (Å²) in [6.07, 6.45) is 0. The second kappa shape index (κ2) is 13.0. The molecule has 4 nitrogen and oxygen atoms in total. The summed E-state index contributed by atoms with van der Waals surface area (Å²) in [6.45, 7) is 0. The van der Waals surface area contributed by atoms with Gasteiger partial charge in [-0.05, 0) is 59.2 Å². The van der Waals surface area contributed by atoms with E-state index in [9.17, 15) is 0 Å². The summed E-state index contributed by atoms with van der Waals surface area (Å²) >= 11 is 0. The molecule has 0 bridgehead atoms. The molecule has 9 aromatic rings. The highest BCUT2D eigenvalue weighted by molar-refractivity contribution is 7.79. The van der Waals surface area contributed by atoms with Crippen molar-refractivity contribution in [1.29, 1.82) is 0 Å². The molecule has 0 saturated heterocycles. The maximum Gasteiger partial charge on any atom is 0.164 e. The molecule has 0 N–H and O–H groups in total. The lowest BCUT2D eigenvalue weighted by Crippen LogP contribution is -2.20. The second-order valence-electron chi connectivity index (χ2n) is 12.1. The van der Waals surface area contributed by atoms with Crippen LogP contribution in [0.25, 0.3) is 67.2 Å². The monoisotopic (exact) mass is 659 g/mol. The first-order chi connectivity index (χ1) is 24.8. The van der Waals surface area contributed by atoms with Gasteiger partial charge >= 0.3 is 0 Å². The van der Waals surface area contributed by atoms with Crippen LogP contribution in [0.5, 0.6) is 0 Å². The van der Waals surface area contributed by atoms with Gasteiger partial charge in [-0.2, -0.15) is 0 Å². The topological polar surface area (TPSA) is 51.8 Å². The van der Waals surface area contributed by atoms with Crippen LogP contribution in [0.3, 0.4) is 0 Å². The summed E-state index contributed by atoms with van der Waals surface area (Å²) < 4.78 is 6.56. The number of benzene rings is 7. The number of para-hydroxylation sites is 1. The second-order valence-corrected chi connectivity index (χ2v) is 14.3. The fourth-order valence-corrected chi connectivity index (χ4v) is 8.89. The average molecular weight is 660 g/mol. The van der Waals surface area contributed by atoms with Gasteiger partial charge in [0.1, 0.15) is 11.2 Å². The molecule has 7 aromatic carbocycles. The third-order valence-corrected chi connectivity index (χ3v) is 11.3. The highest BCUT2D eigenvalue weighted by Crippen LogP contribution is 2.41. The van der Waals surface area contributed by atoms with Crippen LogP contribution in [0, 0.1) is 0 Å². The van der Waals surface area contributed by atoms with Gasteiger partial charge < -0.3 is 4.42 Å². The van der Waals surface area contributed by atoms with E-state index in [1.165, 1.54) is 15.9 Å². The molecular weight excluding hydrogens is 629 g/mol. The van der Waals surface area contributed by atoms with Crippen molar-refractivity contribution in [2.75, 3.05) is 0 Å². The fourth-order valence-electron chi connectivity index (χ4n) is 6.55. The Bertz CT molecular complexity index is 2490. The minimum atomic E-state index is -0.772. The van der Waals surface area contributed by atoms with Gasteiger partial charge in [-0.3, -0.25) is 0 Å². The number of aromatic nitrogens is 3. The molecule has 0 fully saturated rings. The van der Waals surface area contributed by atoms with Crippen LogP contribution in [0.4, 0.5) is 0 Å². The predicted molar refractivity (Wildman–Crippen MR) is 208 cm³/mol. The molecule has 9 rings (SSSR count). The van der Waals surface area contributed by atoms with Gasteiger partial charge in [0.15, 0.2) is 17.5 Å². The highest BCUT2D eigenvalue weighted by atomic mass is 31.1. The predicted octanol–water partition coefficient (Wildman–Crippen LogP) is 10.2. The SMILES string of the molecule is c1ccc(-c2nc(-c3ccccc3)nc(-c3cc(-c4cccc(P(c5ccccc5)c5ccccc5)c4)cc4oc5ccccc5c34)n2)cc1. The Morgan fingerprint density at radius 3 is 1.48 bits per heavy atom. The summed E-state index contributed by atoms with van der Waals surface area (Å²) in [5.74, 6) is 1.85. The molecule has 0 aliphatic heterocycles. The molecule has 0 amide bonds. The molecular formula is C45H30N3OP. The molecule has 50 heavy (non-hydrogen) atoms. The quantitative estimate of drug-likeness (QED) is 0.160. The Balaban J connectivity index is 1.27. The zero-order valence-corrected chi connectivity index (χ0v) is 27.9. The summed E-state index contributed by atoms with van der Waals surface area (Å²) in [6, 6.07) is 63.3. The lowest BCUT2D eigenvalue weighted by molar-refractivity contribution is 0.669. The van der Waals surface area contributed by atoms with Crippen molar-refractivity contribution in [3.05, 3.63) is 182 Å². The van der Waals surface area contributed by atoms with Crippen LogP contribution in [-0.4, -0.2) is 15.0 Å². The van der Waals surface area contributed by atoms with Gasteiger partial charge in [-0.15, -0.1) is 0 Å². The van der Waals surface area contributed by atoms with Gasteiger partial charge in [0.2, 0.25) is 0 Å². The minimum absolute atomic E-state index is 0.600. The molecule has 236 valence electrons. The van der Waals surface area contributed by atoms with Gasteiger partial charge in [0, 0.05) is 27.5 Å². The average Bonchev–Trinajstić information content (AvgIpc) is 3.58. The van der Waals surface area contributed by atoms with Gasteiger partial charge in [-0.25, -0.2) is 15.0 Å². The molecule has 0 spiro atoms. The normalized spacial score (nSPS) is 11.4. The number of furan rings is 1. The Kier molecular flexibility index (Phi) is 7.77. The van der Waals surface area contributed by atoms with E-state index >= 15 is 0 Å². The number of rotatable bonds is 7. The van der Waals surface area contributed by atoms with E-state index in [0.29, 0.717) is 17.5 Å². The lowest BCUT2D eigenvalue weighted by atomic mass is 9.98. The molecule has 0 atom stereocenters. The maximum atomic E-state index is 6.56. The molecule has 0 unspecified atom stereocenters. The van der Waals surface area contributed by atoms with Crippen LogP contribution >= 0.6 is 7.92 Å². The largest absolute Gasteiger partial charge is 0.456 e. The summed E-state index contributed by atoms with van der Waals surface area (Å²) in [4.78, 5) is 15.2. The molecule has 0 saturated carbocycles. The minimum Gasteiger partial charge on any atom is -0.456 e. The van der Waals surface area contributed by atoms with E-state index < -0.39 is 7.92 Å². The zero-order valence-electron chi connectivity index (χ0n) is 27.0. The van der Waals surface area contributed by atoms with E-state index in [-0.39, 0.29) is 0 Å². The first-order valence-corrected chi connectivity index (χ1v) is 18.0.